The Bertz CT molecular complexity index is 716. The van der Waals surface area contributed by atoms with Crippen molar-refractivity contribution >= 4 is 35.1 Å². The van der Waals surface area contributed by atoms with Crippen molar-refractivity contribution in [3.63, 3.8) is 0 Å². The fourth-order valence-electron chi connectivity index (χ4n) is 1.93. The Morgan fingerprint density at radius 1 is 1.14 bits per heavy atom. The molecule has 2 aromatic carbocycles. The first-order valence-corrected chi connectivity index (χ1v) is 6.59. The van der Waals surface area contributed by atoms with Crippen molar-refractivity contribution in [2.24, 2.45) is 0 Å². The molecule has 22 heavy (non-hydrogen) atoms. The van der Waals surface area contributed by atoms with Gasteiger partial charge >= 0.3 is 6.18 Å². The van der Waals surface area contributed by atoms with E-state index in [0.717, 1.165) is 22.6 Å². The first-order valence-electron chi connectivity index (χ1n) is 6.21. The summed E-state index contributed by atoms with van der Waals surface area (Å²) in [6.45, 7) is 1.79. The number of halogens is 4. The van der Waals surface area contributed by atoms with E-state index in [4.69, 9.17) is 17.3 Å². The quantitative estimate of drug-likeness (QED) is 0.664. The van der Waals surface area contributed by atoms with E-state index in [1.54, 1.807) is 19.1 Å². The summed E-state index contributed by atoms with van der Waals surface area (Å²) in [4.78, 5) is 12.4. The highest BCUT2D eigenvalue weighted by molar-refractivity contribution is 6.31. The summed E-state index contributed by atoms with van der Waals surface area (Å²) in [6.07, 6.45) is -4.18. The molecule has 2 N–H and O–H groups in total. The van der Waals surface area contributed by atoms with E-state index in [1.807, 2.05) is 0 Å². The van der Waals surface area contributed by atoms with Crippen molar-refractivity contribution in [3.05, 3.63) is 52.5 Å². The van der Waals surface area contributed by atoms with Crippen LogP contribution in [-0.2, 0) is 11.0 Å². The Kier molecular flexibility index (Phi) is 4.32. The second-order valence-corrected chi connectivity index (χ2v) is 5.09. The highest BCUT2D eigenvalue weighted by Gasteiger charge is 2.33. The van der Waals surface area contributed by atoms with Gasteiger partial charge in [-0.15, -0.1) is 0 Å². The topological polar surface area (TPSA) is 46.3 Å². The molecule has 0 saturated carbocycles. The summed E-state index contributed by atoms with van der Waals surface area (Å²) in [5, 5.41) is -0.425. The first kappa shape index (κ1) is 16.2. The minimum atomic E-state index is -4.60. The number of benzene rings is 2. The molecule has 3 nitrogen and oxygen atoms in total. The zero-order chi connectivity index (χ0) is 16.5. The fraction of sp³-hybridized carbons (Fsp3) is 0.133. The second kappa shape index (κ2) is 5.88. The van der Waals surface area contributed by atoms with Gasteiger partial charge in [-0.1, -0.05) is 17.7 Å². The van der Waals surface area contributed by atoms with E-state index in [0.29, 0.717) is 17.8 Å². The lowest BCUT2D eigenvalue weighted by Crippen LogP contribution is -2.16. The number of nitrogens with two attached hydrogens (primary N) is 1. The maximum absolute atomic E-state index is 12.9. The number of carbonyl (C=O) groups is 1. The third kappa shape index (κ3) is 3.17. The van der Waals surface area contributed by atoms with Crippen LogP contribution in [0.5, 0.6) is 0 Å². The summed E-state index contributed by atoms with van der Waals surface area (Å²) in [5.74, 6) is 0. The van der Waals surface area contributed by atoms with Crippen LogP contribution >= 0.6 is 11.6 Å². The van der Waals surface area contributed by atoms with Crippen molar-refractivity contribution in [3.8, 4) is 0 Å². The van der Waals surface area contributed by atoms with Gasteiger partial charge in [0.15, 0.2) is 0 Å². The Hall–Kier alpha value is -2.21. The molecule has 0 aliphatic heterocycles. The number of nitrogens with zero attached hydrogens (tertiary/aromatic N) is 1. The minimum absolute atomic E-state index is 0.0509. The van der Waals surface area contributed by atoms with Crippen LogP contribution in [0.1, 0.15) is 11.1 Å². The van der Waals surface area contributed by atoms with Gasteiger partial charge in [0, 0.05) is 11.4 Å². The van der Waals surface area contributed by atoms with Gasteiger partial charge in [-0.2, -0.15) is 13.2 Å². The van der Waals surface area contributed by atoms with Crippen molar-refractivity contribution < 1.29 is 18.0 Å². The maximum Gasteiger partial charge on any atom is 0.417 e. The normalized spacial score (nSPS) is 11.3. The number of nitrogen functional groups attached to an aromatic ring is 1. The van der Waals surface area contributed by atoms with Gasteiger partial charge in [0.1, 0.15) is 0 Å². The molecule has 116 valence electrons. The van der Waals surface area contributed by atoms with E-state index >= 15 is 0 Å². The van der Waals surface area contributed by atoms with Gasteiger partial charge in [0.05, 0.1) is 16.3 Å². The van der Waals surface area contributed by atoms with Gasteiger partial charge in [-0.25, -0.2) is 0 Å². The number of rotatable bonds is 3. The average molecular weight is 329 g/mol. The predicted octanol–water partition coefficient (Wildman–Crippen LogP) is 4.54. The van der Waals surface area contributed by atoms with Crippen LogP contribution in [0.3, 0.4) is 0 Å². The average Bonchev–Trinajstić information content (AvgIpc) is 2.44. The van der Waals surface area contributed by atoms with Crippen molar-refractivity contribution in [2.75, 3.05) is 10.6 Å². The highest BCUT2D eigenvalue weighted by atomic mass is 35.5. The monoisotopic (exact) mass is 328 g/mol. The van der Waals surface area contributed by atoms with Crippen LogP contribution in [0.2, 0.25) is 5.02 Å². The lowest BCUT2D eigenvalue weighted by atomic mass is 10.1. The molecule has 0 spiro atoms. The van der Waals surface area contributed by atoms with Crippen molar-refractivity contribution in [1.82, 2.24) is 0 Å². The molecular formula is C15H12ClF3N2O. The molecule has 0 radical (unpaired) electrons. The molecule has 0 bridgehead atoms. The molecule has 2 rings (SSSR count). The first-order chi connectivity index (χ1) is 10.2. The van der Waals surface area contributed by atoms with Crippen LogP contribution in [0, 0.1) is 6.92 Å². The lowest BCUT2D eigenvalue weighted by Gasteiger charge is -2.20. The molecule has 1 amide bonds. The molecule has 0 aromatic heterocycles. The van der Waals surface area contributed by atoms with Crippen LogP contribution in [0.4, 0.5) is 30.2 Å². The zero-order valence-corrected chi connectivity index (χ0v) is 12.2. The van der Waals surface area contributed by atoms with Crippen LogP contribution in [-0.4, -0.2) is 6.41 Å². The molecule has 0 atom stereocenters. The van der Waals surface area contributed by atoms with Crippen LogP contribution < -0.4 is 10.6 Å². The van der Waals surface area contributed by atoms with Gasteiger partial charge in [-0.05, 0) is 42.8 Å². The number of hydrogen-bond acceptors (Lipinski definition) is 2. The molecule has 7 heteroatoms. The van der Waals surface area contributed by atoms with Gasteiger partial charge in [-0.3, -0.25) is 9.69 Å². The smallest absolute Gasteiger partial charge is 0.398 e. The number of aryl methyl sites for hydroxylation is 1. The third-order valence-electron chi connectivity index (χ3n) is 3.18. The summed E-state index contributed by atoms with van der Waals surface area (Å²) in [7, 11) is 0. The molecule has 0 aliphatic rings. The maximum atomic E-state index is 12.9. The number of hydrogen-bond donors (Lipinski definition) is 1. The van der Waals surface area contributed by atoms with E-state index in [2.05, 4.69) is 0 Å². The van der Waals surface area contributed by atoms with Gasteiger partial charge in [0.25, 0.3) is 0 Å². The molecule has 0 heterocycles. The summed E-state index contributed by atoms with van der Waals surface area (Å²) in [6, 6.07) is 8.07. The molecule has 0 fully saturated rings. The SMILES string of the molecule is Cc1ccc(N(C=O)c2ccc(Cl)c(C(F)(F)F)c2)cc1N. The van der Waals surface area contributed by atoms with Crippen LogP contribution in [0.15, 0.2) is 36.4 Å². The number of alkyl halides is 3. The molecule has 0 saturated heterocycles. The van der Waals surface area contributed by atoms with E-state index < -0.39 is 16.8 Å². The molecule has 0 aliphatic carbocycles. The predicted molar refractivity (Wildman–Crippen MR) is 80.2 cm³/mol. The number of anilines is 3. The molecular weight excluding hydrogens is 317 g/mol. The van der Waals surface area contributed by atoms with Crippen molar-refractivity contribution in [2.45, 2.75) is 13.1 Å². The number of amides is 1. The summed E-state index contributed by atoms with van der Waals surface area (Å²) < 4.78 is 38.7. The summed E-state index contributed by atoms with van der Waals surface area (Å²) >= 11 is 5.57. The lowest BCUT2D eigenvalue weighted by molar-refractivity contribution is -0.137. The number of carbonyl (C=O) groups excluding carboxylic acids is 1. The third-order valence-corrected chi connectivity index (χ3v) is 3.51. The Morgan fingerprint density at radius 3 is 2.27 bits per heavy atom. The van der Waals surface area contributed by atoms with Crippen molar-refractivity contribution in [1.29, 1.82) is 0 Å². The zero-order valence-electron chi connectivity index (χ0n) is 11.5. The Balaban J connectivity index is 2.52. The molecule has 0 unspecified atom stereocenters. The highest BCUT2D eigenvalue weighted by Crippen LogP contribution is 2.38. The van der Waals surface area contributed by atoms with Gasteiger partial charge < -0.3 is 5.73 Å². The van der Waals surface area contributed by atoms with E-state index in [1.165, 1.54) is 12.1 Å². The van der Waals surface area contributed by atoms with E-state index in [-0.39, 0.29) is 5.69 Å². The van der Waals surface area contributed by atoms with Crippen LogP contribution in [0.25, 0.3) is 0 Å². The largest absolute Gasteiger partial charge is 0.417 e. The van der Waals surface area contributed by atoms with E-state index in [9.17, 15) is 18.0 Å². The standard InChI is InChI=1S/C15H12ClF3N2O/c1-9-2-3-11(7-14(9)20)21(8-22)10-4-5-13(16)12(6-10)15(17,18)19/h2-8H,20H2,1H3. The fourth-order valence-corrected chi connectivity index (χ4v) is 2.15. The summed E-state index contributed by atoms with van der Waals surface area (Å²) in [5.41, 5.74) is 6.44. The molecule has 2 aromatic rings. The second-order valence-electron chi connectivity index (χ2n) is 4.68. The Labute approximate surface area is 130 Å². The Morgan fingerprint density at radius 2 is 1.73 bits per heavy atom. The van der Waals surface area contributed by atoms with Gasteiger partial charge in [0.2, 0.25) is 6.41 Å². The minimum Gasteiger partial charge on any atom is -0.398 e.